The molecule has 0 aliphatic rings. The lowest BCUT2D eigenvalue weighted by Crippen LogP contribution is -2.45. The van der Waals surface area contributed by atoms with Crippen molar-refractivity contribution in [1.82, 2.24) is 5.32 Å². The lowest BCUT2D eigenvalue weighted by Gasteiger charge is -2.29. The number of rotatable bonds is 19. The molecule has 0 rings (SSSR count). The van der Waals surface area contributed by atoms with Gasteiger partial charge >= 0.3 is 5.97 Å². The van der Waals surface area contributed by atoms with E-state index < -0.39 is 43.2 Å². The second-order valence-corrected chi connectivity index (χ2v) is 8.01. The first-order valence-electron chi connectivity index (χ1n) is 11.4. The molecular formula is C22H42N2O8. The molecule has 0 saturated heterocycles. The predicted molar refractivity (Wildman–Crippen MR) is 119 cm³/mol. The number of unbranched alkanes of at least 4 members (excludes halogenated alkanes) is 3. The van der Waals surface area contributed by atoms with Crippen LogP contribution in [0.1, 0.15) is 72.6 Å². The Morgan fingerprint density at radius 3 is 2.31 bits per heavy atom. The Labute approximate surface area is 191 Å². The third-order valence-electron chi connectivity index (χ3n) is 4.81. The molecule has 0 aliphatic heterocycles. The van der Waals surface area contributed by atoms with E-state index in [2.05, 4.69) is 12.2 Å². The Hall–Kier alpha value is -1.59. The summed E-state index contributed by atoms with van der Waals surface area (Å²) in [6.45, 7) is 5.88. The Morgan fingerprint density at radius 1 is 1.09 bits per heavy atom. The van der Waals surface area contributed by atoms with Crippen LogP contribution in [0.5, 0.6) is 0 Å². The van der Waals surface area contributed by atoms with Crippen LogP contribution < -0.4 is 11.1 Å². The minimum atomic E-state index is -1.27. The number of Topliss-reactive ketones (excluding diaryl/α,β-unsaturated/α-hetero) is 1. The summed E-state index contributed by atoms with van der Waals surface area (Å²) in [6.07, 6.45) is 1.83. The molecule has 0 aromatic heterocycles. The minimum absolute atomic E-state index is 0.0388. The lowest BCUT2D eigenvalue weighted by molar-refractivity contribution is -0.214. The summed E-state index contributed by atoms with van der Waals surface area (Å²) in [5, 5.41) is 21.8. The monoisotopic (exact) mass is 462 g/mol. The van der Waals surface area contributed by atoms with Gasteiger partial charge in [0.05, 0.1) is 18.7 Å². The maximum atomic E-state index is 12.1. The summed E-state index contributed by atoms with van der Waals surface area (Å²) in [4.78, 5) is 34.9. The third kappa shape index (κ3) is 14.5. The van der Waals surface area contributed by atoms with Gasteiger partial charge in [-0.05, 0) is 33.1 Å². The molecule has 5 atom stereocenters. The predicted octanol–water partition coefficient (Wildman–Crippen LogP) is 0.802. The zero-order valence-electron chi connectivity index (χ0n) is 19.9. The van der Waals surface area contributed by atoms with Crippen LogP contribution in [0.15, 0.2) is 0 Å². The third-order valence-corrected chi connectivity index (χ3v) is 4.81. The molecule has 0 fully saturated rings. The summed E-state index contributed by atoms with van der Waals surface area (Å²) in [5.41, 5.74) is 5.88. The number of amides is 1. The van der Waals surface area contributed by atoms with Crippen molar-refractivity contribution in [3.63, 3.8) is 0 Å². The smallest absolute Gasteiger partial charge is 0.302 e. The lowest BCUT2D eigenvalue weighted by atomic mass is 10.0. The largest absolute Gasteiger partial charge is 0.463 e. The fraction of sp³-hybridized carbons (Fsp3) is 0.864. The summed E-state index contributed by atoms with van der Waals surface area (Å²) < 4.78 is 16.1. The Morgan fingerprint density at radius 2 is 1.78 bits per heavy atom. The van der Waals surface area contributed by atoms with Gasteiger partial charge in [0.2, 0.25) is 5.91 Å². The standard InChI is InChI=1S/C22H42N2O8/c1-5-6-7-10-18(16(3)26)24-21(29)11-8-9-12-30-22(15(2)23)32-20(19(28)13-25)14-31-17(4)27/h15,18-20,22,25,28H,5-14,23H2,1-4H3,(H,24,29)/t15-,18?,19+,20?,22+/m0/s1. The number of ether oxygens (including phenoxy) is 3. The first-order chi connectivity index (χ1) is 15.1. The summed E-state index contributed by atoms with van der Waals surface area (Å²) >= 11 is 0. The molecule has 0 spiro atoms. The molecule has 0 aromatic rings. The van der Waals surface area contributed by atoms with Gasteiger partial charge in [-0.1, -0.05) is 26.2 Å². The Kier molecular flexibility index (Phi) is 17.0. The number of ketones is 1. The maximum absolute atomic E-state index is 12.1. The number of hydrogen-bond acceptors (Lipinski definition) is 9. The molecule has 0 radical (unpaired) electrons. The molecule has 0 saturated carbocycles. The molecule has 2 unspecified atom stereocenters. The average molecular weight is 463 g/mol. The highest BCUT2D eigenvalue weighted by molar-refractivity contribution is 5.87. The van der Waals surface area contributed by atoms with Gasteiger partial charge in [-0.2, -0.15) is 0 Å². The van der Waals surface area contributed by atoms with Crippen LogP contribution in [0.4, 0.5) is 0 Å². The van der Waals surface area contributed by atoms with E-state index in [9.17, 15) is 24.6 Å². The second kappa shape index (κ2) is 17.9. The number of aliphatic hydroxyl groups is 2. The zero-order valence-corrected chi connectivity index (χ0v) is 19.9. The van der Waals surface area contributed by atoms with Crippen molar-refractivity contribution in [3.05, 3.63) is 0 Å². The molecule has 0 bridgehead atoms. The minimum Gasteiger partial charge on any atom is -0.463 e. The van der Waals surface area contributed by atoms with E-state index in [4.69, 9.17) is 19.9 Å². The van der Waals surface area contributed by atoms with E-state index in [1.165, 1.54) is 13.8 Å². The van der Waals surface area contributed by atoms with Crippen LogP contribution in [-0.2, 0) is 28.6 Å². The van der Waals surface area contributed by atoms with Crippen molar-refractivity contribution in [1.29, 1.82) is 0 Å². The topological polar surface area (TPSA) is 157 Å². The fourth-order valence-corrected chi connectivity index (χ4v) is 2.87. The van der Waals surface area contributed by atoms with Gasteiger partial charge < -0.3 is 35.5 Å². The highest BCUT2D eigenvalue weighted by Crippen LogP contribution is 2.11. The maximum Gasteiger partial charge on any atom is 0.302 e. The van der Waals surface area contributed by atoms with E-state index in [1.54, 1.807) is 6.92 Å². The van der Waals surface area contributed by atoms with Crippen molar-refractivity contribution >= 4 is 17.7 Å². The molecular weight excluding hydrogens is 420 g/mol. The highest BCUT2D eigenvalue weighted by Gasteiger charge is 2.27. The van der Waals surface area contributed by atoms with Crippen LogP contribution >= 0.6 is 0 Å². The Balaban J connectivity index is 4.42. The number of nitrogens with one attached hydrogen (secondary N) is 1. The summed E-state index contributed by atoms with van der Waals surface area (Å²) in [6, 6.07) is -0.989. The SMILES string of the molecule is CCCCCC(NC(=O)CCCCO[C@H](OC(COC(C)=O)[C@H](O)CO)[C@H](C)N)C(C)=O. The number of esters is 1. The quantitative estimate of drug-likeness (QED) is 0.124. The van der Waals surface area contributed by atoms with Crippen molar-refractivity contribution in [2.24, 2.45) is 5.73 Å². The Bertz CT molecular complexity index is 544. The first kappa shape index (κ1) is 30.4. The number of aliphatic hydroxyl groups excluding tert-OH is 2. The van der Waals surface area contributed by atoms with E-state index in [1.807, 2.05) is 0 Å². The molecule has 0 aliphatic carbocycles. The normalized spacial score (nSPS) is 16.0. The molecule has 0 heterocycles. The van der Waals surface area contributed by atoms with Gasteiger partial charge in [0.1, 0.15) is 18.8 Å². The van der Waals surface area contributed by atoms with E-state index in [-0.39, 0.29) is 31.3 Å². The van der Waals surface area contributed by atoms with Gasteiger partial charge in [-0.15, -0.1) is 0 Å². The van der Waals surface area contributed by atoms with Crippen molar-refractivity contribution in [2.75, 3.05) is 19.8 Å². The highest BCUT2D eigenvalue weighted by atomic mass is 16.7. The van der Waals surface area contributed by atoms with Crippen LogP contribution in [0.2, 0.25) is 0 Å². The zero-order chi connectivity index (χ0) is 24.5. The molecule has 10 heteroatoms. The van der Waals surface area contributed by atoms with E-state index in [0.29, 0.717) is 19.3 Å². The summed E-state index contributed by atoms with van der Waals surface area (Å²) in [7, 11) is 0. The van der Waals surface area contributed by atoms with Gasteiger partial charge in [0.15, 0.2) is 12.1 Å². The van der Waals surface area contributed by atoms with Crippen molar-refractivity contribution in [3.8, 4) is 0 Å². The summed E-state index contributed by atoms with van der Waals surface area (Å²) in [5.74, 6) is -0.755. The van der Waals surface area contributed by atoms with Gasteiger partial charge in [-0.3, -0.25) is 14.4 Å². The number of hydrogen-bond donors (Lipinski definition) is 4. The van der Waals surface area contributed by atoms with Crippen molar-refractivity contribution in [2.45, 2.75) is 103 Å². The molecule has 5 N–H and O–H groups in total. The number of carbonyl (C=O) groups is 3. The van der Waals surface area contributed by atoms with Gasteiger partial charge in [-0.25, -0.2) is 0 Å². The van der Waals surface area contributed by atoms with Crippen LogP contribution in [0, 0.1) is 0 Å². The molecule has 0 aromatic carbocycles. The molecule has 10 nitrogen and oxygen atoms in total. The van der Waals surface area contributed by atoms with E-state index >= 15 is 0 Å². The second-order valence-electron chi connectivity index (χ2n) is 8.01. The van der Waals surface area contributed by atoms with Crippen LogP contribution in [0.25, 0.3) is 0 Å². The van der Waals surface area contributed by atoms with Crippen molar-refractivity contribution < 1.29 is 38.8 Å². The molecule has 32 heavy (non-hydrogen) atoms. The average Bonchev–Trinajstić information content (AvgIpc) is 2.73. The first-order valence-corrected chi connectivity index (χ1v) is 11.4. The number of carbonyl (C=O) groups excluding carboxylic acids is 3. The number of nitrogens with two attached hydrogens (primary N) is 1. The van der Waals surface area contributed by atoms with Crippen LogP contribution in [-0.4, -0.2) is 78.3 Å². The molecule has 1 amide bonds. The van der Waals surface area contributed by atoms with Gasteiger partial charge in [0.25, 0.3) is 0 Å². The van der Waals surface area contributed by atoms with E-state index in [0.717, 1.165) is 19.3 Å². The molecule has 188 valence electrons. The van der Waals surface area contributed by atoms with Crippen LogP contribution in [0.3, 0.4) is 0 Å². The fourth-order valence-electron chi connectivity index (χ4n) is 2.87. The van der Waals surface area contributed by atoms with Gasteiger partial charge in [0, 0.05) is 20.0 Å².